The van der Waals surface area contributed by atoms with Crippen molar-refractivity contribution in [2.45, 2.75) is 13.8 Å². The van der Waals surface area contributed by atoms with E-state index in [1.807, 2.05) is 0 Å². The van der Waals surface area contributed by atoms with Gasteiger partial charge in [-0.1, -0.05) is 158 Å². The monoisotopic (exact) mass is 843 g/mol. The van der Waals surface area contributed by atoms with Gasteiger partial charge in [0.15, 0.2) is 0 Å². The third kappa shape index (κ3) is 6.78. The predicted octanol–water partition coefficient (Wildman–Crippen LogP) is 15.5. The van der Waals surface area contributed by atoms with Crippen molar-refractivity contribution in [2.75, 3.05) is 14.6 Å². The first kappa shape index (κ1) is 39.3. The van der Waals surface area contributed by atoms with E-state index in [2.05, 4.69) is 271 Å². The molecule has 0 aliphatic carbocycles. The van der Waals surface area contributed by atoms with Crippen molar-refractivity contribution in [2.24, 2.45) is 0 Å². The number of hydrogen-bond acceptors (Lipinski definition) is 3. The van der Waals surface area contributed by atoms with Crippen molar-refractivity contribution >= 4 is 63.3 Å². The molecule has 0 unspecified atom stereocenters. The first-order valence-electron chi connectivity index (χ1n) is 22.9. The smallest absolute Gasteiger partial charge is 0.333 e. The van der Waals surface area contributed by atoms with Gasteiger partial charge in [-0.05, 0) is 160 Å². The molecule has 12 rings (SSSR count). The number of nitrogens with zero attached hydrogens (tertiary/aromatic N) is 3. The Hall–Kier alpha value is -8.34. The minimum atomic E-state index is -0.166. The molecule has 312 valence electrons. The van der Waals surface area contributed by atoms with Gasteiger partial charge in [-0.3, -0.25) is 0 Å². The van der Waals surface area contributed by atoms with Gasteiger partial charge < -0.3 is 14.6 Å². The lowest BCUT2D eigenvalue weighted by Gasteiger charge is -2.46. The summed E-state index contributed by atoms with van der Waals surface area (Å²) in [5.41, 5.74) is 23.8. The first-order valence-corrected chi connectivity index (χ1v) is 22.9. The lowest BCUT2D eigenvalue weighted by Crippen LogP contribution is -2.61. The van der Waals surface area contributed by atoms with Gasteiger partial charge in [-0.2, -0.15) is 0 Å². The molecule has 3 nitrogen and oxygen atoms in total. The number of fused-ring (bicyclic) bond motifs is 4. The zero-order chi connectivity index (χ0) is 44.1. The van der Waals surface area contributed by atoms with E-state index in [1.54, 1.807) is 0 Å². The fraction of sp³-hybridized carbons (Fsp3) is 0.0323. The molecule has 10 aromatic rings. The molecule has 4 heteroatoms. The number of anilines is 8. The molecular weight excluding hydrogens is 798 g/mol. The van der Waals surface area contributed by atoms with Gasteiger partial charge in [-0.15, -0.1) is 0 Å². The molecule has 10 aromatic carbocycles. The van der Waals surface area contributed by atoms with Crippen LogP contribution >= 0.6 is 0 Å². The van der Waals surface area contributed by atoms with Crippen LogP contribution in [0.1, 0.15) is 11.1 Å². The summed E-state index contributed by atoms with van der Waals surface area (Å²) in [6.45, 7) is 4.35. The molecule has 2 heterocycles. The Morgan fingerprint density at radius 2 is 0.864 bits per heavy atom. The van der Waals surface area contributed by atoms with Crippen LogP contribution < -0.4 is 25.5 Å². The molecule has 0 amide bonds. The fourth-order valence-corrected chi connectivity index (χ4v) is 10.4. The Balaban J connectivity index is 1.15. The normalized spacial score (nSPS) is 12.3. The summed E-state index contributed by atoms with van der Waals surface area (Å²) in [6, 6.07) is 88.9. The number of rotatable bonds is 8. The van der Waals surface area contributed by atoms with Gasteiger partial charge in [0.1, 0.15) is 0 Å². The molecule has 0 aromatic heterocycles. The minimum Gasteiger partial charge on any atom is -0.376 e. The van der Waals surface area contributed by atoms with Gasteiger partial charge in [-0.25, -0.2) is 0 Å². The molecule has 66 heavy (non-hydrogen) atoms. The largest absolute Gasteiger partial charge is 0.376 e. The quantitative estimate of drug-likeness (QED) is 0.141. The maximum atomic E-state index is 2.62. The van der Waals surface area contributed by atoms with Gasteiger partial charge >= 0.3 is 6.85 Å². The zero-order valence-corrected chi connectivity index (χ0v) is 37.0. The molecule has 2 aliphatic rings. The van der Waals surface area contributed by atoms with Crippen LogP contribution in [0.4, 0.5) is 45.5 Å². The van der Waals surface area contributed by atoms with Crippen molar-refractivity contribution < 1.29 is 0 Å². The van der Waals surface area contributed by atoms with Crippen LogP contribution in [0, 0.1) is 13.8 Å². The van der Waals surface area contributed by atoms with Crippen LogP contribution in [0.3, 0.4) is 0 Å². The van der Waals surface area contributed by atoms with Crippen LogP contribution in [-0.2, 0) is 0 Å². The Labute approximate surface area is 388 Å². The molecule has 0 N–H and O–H groups in total. The molecule has 0 saturated carbocycles. The summed E-state index contributed by atoms with van der Waals surface area (Å²) < 4.78 is 0. The summed E-state index contributed by atoms with van der Waals surface area (Å²) in [4.78, 5) is 7.56. The highest BCUT2D eigenvalue weighted by Gasteiger charge is 2.45. The summed E-state index contributed by atoms with van der Waals surface area (Å²) in [5, 5.41) is 0. The molecule has 0 radical (unpaired) electrons. The average Bonchev–Trinajstić information content (AvgIpc) is 3.38. The van der Waals surface area contributed by atoms with E-state index in [4.69, 9.17) is 0 Å². The van der Waals surface area contributed by atoms with E-state index in [-0.39, 0.29) is 6.85 Å². The van der Waals surface area contributed by atoms with E-state index in [0.29, 0.717) is 0 Å². The highest BCUT2D eigenvalue weighted by Crippen LogP contribution is 2.49. The Kier molecular flexibility index (Phi) is 9.72. The number of para-hydroxylation sites is 2. The third-order valence-corrected chi connectivity index (χ3v) is 13.3. The van der Waals surface area contributed by atoms with Gasteiger partial charge in [0.25, 0.3) is 0 Å². The summed E-state index contributed by atoms with van der Waals surface area (Å²) in [7, 11) is 0. The maximum absolute atomic E-state index is 2.62. The van der Waals surface area contributed by atoms with Crippen LogP contribution in [-0.4, -0.2) is 6.85 Å². The topological polar surface area (TPSA) is 9.72 Å². The Morgan fingerprint density at radius 1 is 0.348 bits per heavy atom. The molecule has 0 atom stereocenters. The van der Waals surface area contributed by atoms with Gasteiger partial charge in [0.05, 0.1) is 0 Å². The van der Waals surface area contributed by atoms with E-state index in [9.17, 15) is 0 Å². The first-order chi connectivity index (χ1) is 32.6. The van der Waals surface area contributed by atoms with Crippen LogP contribution in [0.25, 0.3) is 44.5 Å². The second kappa shape index (κ2) is 16.3. The van der Waals surface area contributed by atoms with Crippen LogP contribution in [0.5, 0.6) is 0 Å². The van der Waals surface area contributed by atoms with Crippen LogP contribution in [0.15, 0.2) is 243 Å². The summed E-state index contributed by atoms with van der Waals surface area (Å²) in [6.07, 6.45) is 0. The Morgan fingerprint density at radius 3 is 1.45 bits per heavy atom. The standard InChI is InChI=1S/C62H46BN3/c1-43-37-56-55-41-50(47-23-12-5-13-24-47)32-35-59(55)66(54-30-18-25-48(40-54)45-19-8-3-9-20-45)63-57-42-53(64(51-26-14-6-15-27-51)52-28-16-7-17-29-52)33-36-60(57)65(61(38-43)62(56)63)58-34-31-49(39-44(58)2)46-21-10-4-11-22-46/h3-42H,1-2H3. The van der Waals surface area contributed by atoms with E-state index < -0.39 is 0 Å². The summed E-state index contributed by atoms with van der Waals surface area (Å²) in [5.74, 6) is 0. The molecule has 0 saturated heterocycles. The second-order valence-electron chi connectivity index (χ2n) is 17.5. The van der Waals surface area contributed by atoms with Crippen molar-refractivity contribution in [3.05, 3.63) is 254 Å². The molecule has 0 bridgehead atoms. The lowest BCUT2D eigenvalue weighted by atomic mass is 9.43. The second-order valence-corrected chi connectivity index (χ2v) is 17.5. The molecule has 2 aliphatic heterocycles. The maximum Gasteiger partial charge on any atom is 0.333 e. The van der Waals surface area contributed by atoms with Crippen molar-refractivity contribution in [1.82, 2.24) is 0 Å². The predicted molar refractivity (Wildman–Crippen MR) is 281 cm³/mol. The highest BCUT2D eigenvalue weighted by molar-refractivity contribution is 6.93. The van der Waals surface area contributed by atoms with Crippen molar-refractivity contribution in [1.29, 1.82) is 0 Å². The van der Waals surface area contributed by atoms with Crippen molar-refractivity contribution in [3.8, 4) is 44.5 Å². The Bertz CT molecular complexity index is 3350. The van der Waals surface area contributed by atoms with Gasteiger partial charge in [0, 0.05) is 51.1 Å². The van der Waals surface area contributed by atoms with E-state index >= 15 is 0 Å². The van der Waals surface area contributed by atoms with Crippen LogP contribution in [0.2, 0.25) is 0 Å². The zero-order valence-electron chi connectivity index (χ0n) is 37.0. The number of aryl methyl sites for hydroxylation is 2. The van der Waals surface area contributed by atoms with Gasteiger partial charge in [0.2, 0.25) is 0 Å². The van der Waals surface area contributed by atoms with E-state index in [0.717, 1.165) is 28.4 Å². The summed E-state index contributed by atoms with van der Waals surface area (Å²) >= 11 is 0. The highest BCUT2D eigenvalue weighted by atomic mass is 15.2. The average molecular weight is 844 g/mol. The third-order valence-electron chi connectivity index (χ3n) is 13.3. The minimum absolute atomic E-state index is 0.166. The number of benzene rings is 10. The number of hydrogen-bond donors (Lipinski definition) is 0. The molecule has 0 fully saturated rings. The SMILES string of the molecule is Cc1cc2c3c(c1)N(c1ccc(-c4ccccc4)cc1C)c1ccc(N(c4ccccc4)c4ccccc4)cc1B3N(c1cccc(-c3ccccc3)c1)c1ccc(-c3ccccc3)cc1-2. The fourth-order valence-electron chi connectivity index (χ4n) is 10.4. The molecular formula is C62H46BN3. The van der Waals surface area contributed by atoms with Crippen molar-refractivity contribution in [3.63, 3.8) is 0 Å². The van der Waals surface area contributed by atoms with E-state index in [1.165, 1.54) is 83.6 Å². The molecule has 0 spiro atoms. The lowest BCUT2D eigenvalue weighted by molar-refractivity contribution is 1.23.